The molecule has 0 fully saturated rings. The fourth-order valence-corrected chi connectivity index (χ4v) is 3.65. The SMILES string of the molecule is CC(=O)c1cccc(S(=O)(=O)NC[C@H]2Cc3ccccc3O2)c1. The van der Waals surface area contributed by atoms with Crippen molar-refractivity contribution in [2.45, 2.75) is 24.3 Å². The molecule has 1 heterocycles. The monoisotopic (exact) mass is 331 g/mol. The van der Waals surface area contributed by atoms with Crippen LogP contribution in [0.4, 0.5) is 0 Å². The molecule has 0 amide bonds. The number of carbonyl (C=O) groups excluding carboxylic acids is 1. The van der Waals surface area contributed by atoms with Crippen LogP contribution in [0.3, 0.4) is 0 Å². The number of sulfonamides is 1. The molecule has 3 rings (SSSR count). The minimum Gasteiger partial charge on any atom is -0.488 e. The average Bonchev–Trinajstić information content (AvgIpc) is 2.96. The second-order valence-corrected chi connectivity index (χ2v) is 7.25. The molecule has 1 aliphatic heterocycles. The van der Waals surface area contributed by atoms with E-state index in [0.29, 0.717) is 12.0 Å². The molecule has 0 aliphatic carbocycles. The Kier molecular flexibility index (Phi) is 4.19. The molecule has 2 aromatic rings. The fraction of sp³-hybridized carbons (Fsp3) is 0.235. The Morgan fingerprint density at radius 1 is 1.22 bits per heavy atom. The van der Waals surface area contributed by atoms with E-state index in [1.54, 1.807) is 12.1 Å². The molecule has 5 nitrogen and oxygen atoms in total. The molecule has 6 heteroatoms. The van der Waals surface area contributed by atoms with Crippen molar-refractivity contribution in [1.29, 1.82) is 0 Å². The van der Waals surface area contributed by atoms with Gasteiger partial charge in [-0.2, -0.15) is 0 Å². The molecule has 120 valence electrons. The molecule has 1 atom stereocenters. The van der Waals surface area contributed by atoms with Gasteiger partial charge in [0.15, 0.2) is 5.78 Å². The first kappa shape index (κ1) is 15.7. The quantitative estimate of drug-likeness (QED) is 0.852. The van der Waals surface area contributed by atoms with Gasteiger partial charge in [0, 0.05) is 18.5 Å². The zero-order chi connectivity index (χ0) is 16.4. The summed E-state index contributed by atoms with van der Waals surface area (Å²) >= 11 is 0. The van der Waals surface area contributed by atoms with Gasteiger partial charge in [0.2, 0.25) is 10.0 Å². The normalized spacial score (nSPS) is 16.7. The van der Waals surface area contributed by atoms with Crippen LogP contribution in [0.1, 0.15) is 22.8 Å². The van der Waals surface area contributed by atoms with Crippen molar-refractivity contribution < 1.29 is 17.9 Å². The predicted molar refractivity (Wildman–Crippen MR) is 86.2 cm³/mol. The van der Waals surface area contributed by atoms with E-state index in [1.807, 2.05) is 24.3 Å². The molecule has 0 saturated heterocycles. The van der Waals surface area contributed by atoms with E-state index in [0.717, 1.165) is 11.3 Å². The molecule has 0 saturated carbocycles. The van der Waals surface area contributed by atoms with Crippen LogP contribution in [0, 0.1) is 0 Å². The van der Waals surface area contributed by atoms with Gasteiger partial charge in [-0.3, -0.25) is 4.79 Å². The van der Waals surface area contributed by atoms with Gasteiger partial charge in [-0.25, -0.2) is 13.1 Å². The summed E-state index contributed by atoms with van der Waals surface area (Å²) in [6.07, 6.45) is 0.449. The maximum Gasteiger partial charge on any atom is 0.240 e. The standard InChI is InChI=1S/C17H17NO4S/c1-12(19)13-6-4-7-16(10-13)23(20,21)18-11-15-9-14-5-2-3-8-17(14)22-15/h2-8,10,15,18H,9,11H2,1H3/t15-/m1/s1. The van der Waals surface area contributed by atoms with Crippen LogP contribution in [-0.2, 0) is 16.4 Å². The van der Waals surface area contributed by atoms with Gasteiger partial charge in [-0.15, -0.1) is 0 Å². The van der Waals surface area contributed by atoms with E-state index in [9.17, 15) is 13.2 Å². The van der Waals surface area contributed by atoms with Crippen LogP contribution in [0.25, 0.3) is 0 Å². The summed E-state index contributed by atoms with van der Waals surface area (Å²) in [7, 11) is -3.67. The zero-order valence-electron chi connectivity index (χ0n) is 12.7. The molecular formula is C17H17NO4S. The van der Waals surface area contributed by atoms with Crippen LogP contribution in [0.2, 0.25) is 0 Å². The van der Waals surface area contributed by atoms with Gasteiger partial charge in [-0.05, 0) is 30.7 Å². The van der Waals surface area contributed by atoms with Crippen molar-refractivity contribution in [1.82, 2.24) is 4.72 Å². The molecule has 1 aliphatic rings. The van der Waals surface area contributed by atoms with Crippen LogP contribution in [0.15, 0.2) is 53.4 Å². The smallest absolute Gasteiger partial charge is 0.240 e. The van der Waals surface area contributed by atoms with Gasteiger partial charge in [0.05, 0.1) is 4.90 Å². The van der Waals surface area contributed by atoms with Gasteiger partial charge < -0.3 is 4.74 Å². The molecule has 0 unspecified atom stereocenters. The van der Waals surface area contributed by atoms with Crippen molar-refractivity contribution in [3.63, 3.8) is 0 Å². The Morgan fingerprint density at radius 3 is 2.74 bits per heavy atom. The summed E-state index contributed by atoms with van der Waals surface area (Å²) in [4.78, 5) is 11.5. The minimum atomic E-state index is -3.67. The van der Waals surface area contributed by atoms with Crippen LogP contribution in [-0.4, -0.2) is 26.8 Å². The molecule has 0 spiro atoms. The van der Waals surface area contributed by atoms with E-state index in [1.165, 1.54) is 19.1 Å². The highest BCUT2D eigenvalue weighted by Crippen LogP contribution is 2.27. The van der Waals surface area contributed by atoms with E-state index in [4.69, 9.17) is 4.74 Å². The summed E-state index contributed by atoms with van der Waals surface area (Å²) in [5, 5.41) is 0. The van der Waals surface area contributed by atoms with Crippen molar-refractivity contribution in [3.8, 4) is 5.75 Å². The Balaban J connectivity index is 1.68. The van der Waals surface area contributed by atoms with Gasteiger partial charge in [0.1, 0.15) is 11.9 Å². The van der Waals surface area contributed by atoms with Gasteiger partial charge in [0.25, 0.3) is 0 Å². The predicted octanol–water partition coefficient (Wildman–Crippen LogP) is 2.17. The maximum atomic E-state index is 12.4. The third-order valence-electron chi connectivity index (χ3n) is 3.77. The molecule has 0 radical (unpaired) electrons. The fourth-order valence-electron chi connectivity index (χ4n) is 2.54. The number of ether oxygens (including phenoxy) is 1. The first-order valence-corrected chi connectivity index (χ1v) is 8.79. The van der Waals surface area contributed by atoms with Gasteiger partial charge >= 0.3 is 0 Å². The third kappa shape index (κ3) is 3.43. The van der Waals surface area contributed by atoms with Gasteiger partial charge in [-0.1, -0.05) is 30.3 Å². The van der Waals surface area contributed by atoms with Crippen molar-refractivity contribution in [3.05, 3.63) is 59.7 Å². The summed E-state index contributed by atoms with van der Waals surface area (Å²) in [6.45, 7) is 1.59. The molecular weight excluding hydrogens is 314 g/mol. The van der Waals surface area contributed by atoms with Crippen LogP contribution >= 0.6 is 0 Å². The van der Waals surface area contributed by atoms with Crippen molar-refractivity contribution >= 4 is 15.8 Å². The summed E-state index contributed by atoms with van der Waals surface area (Å²) in [6, 6.07) is 13.7. The molecule has 0 aromatic heterocycles. The lowest BCUT2D eigenvalue weighted by atomic mass is 10.1. The number of benzene rings is 2. The Bertz CT molecular complexity index is 820. The number of carbonyl (C=O) groups is 1. The number of nitrogens with one attached hydrogen (secondary N) is 1. The molecule has 0 bridgehead atoms. The number of fused-ring (bicyclic) bond motifs is 1. The lowest BCUT2D eigenvalue weighted by Gasteiger charge is -2.12. The Morgan fingerprint density at radius 2 is 2.00 bits per heavy atom. The van der Waals surface area contributed by atoms with Crippen LogP contribution in [0.5, 0.6) is 5.75 Å². The number of ketones is 1. The second-order valence-electron chi connectivity index (χ2n) is 5.49. The van der Waals surface area contributed by atoms with E-state index in [2.05, 4.69) is 4.72 Å². The van der Waals surface area contributed by atoms with Crippen molar-refractivity contribution in [2.24, 2.45) is 0 Å². The van der Waals surface area contributed by atoms with Crippen LogP contribution < -0.4 is 9.46 Å². The molecule has 1 N–H and O–H groups in total. The highest BCUT2D eigenvalue weighted by Gasteiger charge is 2.24. The first-order chi connectivity index (χ1) is 11.0. The largest absolute Gasteiger partial charge is 0.488 e. The number of para-hydroxylation sites is 1. The number of hydrogen-bond acceptors (Lipinski definition) is 4. The maximum absolute atomic E-state index is 12.4. The summed E-state index contributed by atoms with van der Waals surface area (Å²) in [5.74, 6) is 0.631. The van der Waals surface area contributed by atoms with Crippen molar-refractivity contribution in [2.75, 3.05) is 6.54 Å². The summed E-state index contributed by atoms with van der Waals surface area (Å²) < 4.78 is 33.0. The highest BCUT2D eigenvalue weighted by atomic mass is 32.2. The molecule has 2 aromatic carbocycles. The highest BCUT2D eigenvalue weighted by molar-refractivity contribution is 7.89. The summed E-state index contributed by atoms with van der Waals surface area (Å²) in [5.41, 5.74) is 1.45. The molecule has 23 heavy (non-hydrogen) atoms. The van der Waals surface area contributed by atoms with E-state index >= 15 is 0 Å². The first-order valence-electron chi connectivity index (χ1n) is 7.31. The topological polar surface area (TPSA) is 72.5 Å². The third-order valence-corrected chi connectivity index (χ3v) is 5.19. The van der Waals surface area contributed by atoms with E-state index < -0.39 is 10.0 Å². The minimum absolute atomic E-state index is 0.0840. The average molecular weight is 331 g/mol. The zero-order valence-corrected chi connectivity index (χ0v) is 13.5. The Labute approximate surface area is 135 Å². The second kappa shape index (κ2) is 6.14. The van der Waals surface area contributed by atoms with E-state index in [-0.39, 0.29) is 23.3 Å². The lowest BCUT2D eigenvalue weighted by molar-refractivity contribution is 0.101. The lowest BCUT2D eigenvalue weighted by Crippen LogP contribution is -2.34. The number of rotatable bonds is 5. The number of Topliss-reactive ketones (excluding diaryl/α,β-unsaturated/α-hetero) is 1. The number of hydrogen-bond donors (Lipinski definition) is 1. The Hall–Kier alpha value is -2.18.